The summed E-state index contributed by atoms with van der Waals surface area (Å²) in [5.74, 6) is 0.811. The highest BCUT2D eigenvalue weighted by atomic mass is 16.5. The fraction of sp³-hybridized carbons (Fsp3) is 0.533. The van der Waals surface area contributed by atoms with Gasteiger partial charge in [0.25, 0.3) is 0 Å². The zero-order chi connectivity index (χ0) is 14.8. The maximum atomic E-state index is 9.72. The van der Waals surface area contributed by atoms with Crippen LogP contribution in [0.25, 0.3) is 11.0 Å². The first-order valence-corrected chi connectivity index (χ1v) is 7.57. The maximum Gasteiger partial charge on any atom is 0.185 e. The third-order valence-corrected chi connectivity index (χ3v) is 4.58. The summed E-state index contributed by atoms with van der Waals surface area (Å²) in [5.41, 5.74) is 1.86. The largest absolute Gasteiger partial charge is 0.507 e. The number of aryl methyl sites for hydroxylation is 1. The standard InChI is InChI=1S/C15H21BN2O3/c16-18-7-5-10(6-8-18)1-3-13-11-2-4-14(20)12(9-19)15(11)21-17-13/h2,4,10,19-20H,1,3,5-9,16H2. The molecule has 1 fully saturated rings. The van der Waals surface area contributed by atoms with Crippen molar-refractivity contribution in [2.75, 3.05) is 13.1 Å². The van der Waals surface area contributed by atoms with Crippen molar-refractivity contribution in [1.82, 2.24) is 9.97 Å². The molecular weight excluding hydrogens is 267 g/mol. The first-order valence-electron chi connectivity index (χ1n) is 7.57. The molecule has 21 heavy (non-hydrogen) atoms. The number of hydrogen-bond acceptors (Lipinski definition) is 5. The Hall–Kier alpha value is -1.53. The van der Waals surface area contributed by atoms with E-state index in [1.807, 2.05) is 6.07 Å². The molecule has 1 aliphatic heterocycles. The highest BCUT2D eigenvalue weighted by Gasteiger charge is 2.19. The minimum atomic E-state index is -0.243. The third kappa shape index (κ3) is 2.92. The van der Waals surface area contributed by atoms with Crippen LogP contribution in [0.3, 0.4) is 0 Å². The predicted molar refractivity (Wildman–Crippen MR) is 82.8 cm³/mol. The second-order valence-corrected chi connectivity index (χ2v) is 6.01. The number of fused-ring (bicyclic) bond motifs is 1. The van der Waals surface area contributed by atoms with Crippen LogP contribution in [0.2, 0.25) is 0 Å². The lowest BCUT2D eigenvalue weighted by Crippen LogP contribution is -2.31. The lowest BCUT2D eigenvalue weighted by molar-refractivity contribution is 0.270. The molecule has 5 nitrogen and oxygen atoms in total. The lowest BCUT2D eigenvalue weighted by atomic mass is 9.90. The molecule has 0 atom stereocenters. The minimum Gasteiger partial charge on any atom is -0.507 e. The van der Waals surface area contributed by atoms with Crippen molar-refractivity contribution in [3.05, 3.63) is 23.4 Å². The molecular formula is C15H21BN2O3. The third-order valence-electron chi connectivity index (χ3n) is 4.58. The van der Waals surface area contributed by atoms with Gasteiger partial charge in [-0.2, -0.15) is 0 Å². The van der Waals surface area contributed by atoms with Gasteiger partial charge >= 0.3 is 0 Å². The molecule has 6 heteroatoms. The van der Waals surface area contributed by atoms with Gasteiger partial charge in [0.15, 0.2) is 13.6 Å². The van der Waals surface area contributed by atoms with Gasteiger partial charge in [-0.15, -0.1) is 0 Å². The summed E-state index contributed by atoms with van der Waals surface area (Å²) in [7, 11) is 2.17. The van der Waals surface area contributed by atoms with Crippen LogP contribution in [-0.2, 0) is 13.0 Å². The highest BCUT2D eigenvalue weighted by molar-refractivity contribution is 6.04. The summed E-state index contributed by atoms with van der Waals surface area (Å²) in [6.45, 7) is 2.10. The lowest BCUT2D eigenvalue weighted by Gasteiger charge is -2.29. The van der Waals surface area contributed by atoms with Crippen LogP contribution in [0.5, 0.6) is 5.75 Å². The van der Waals surface area contributed by atoms with Crippen molar-refractivity contribution in [1.29, 1.82) is 0 Å². The van der Waals surface area contributed by atoms with E-state index in [1.165, 1.54) is 25.9 Å². The van der Waals surface area contributed by atoms with E-state index in [0.717, 1.165) is 29.8 Å². The molecule has 2 heterocycles. The zero-order valence-corrected chi connectivity index (χ0v) is 12.4. The number of hydrogen-bond donors (Lipinski definition) is 2. The van der Waals surface area contributed by atoms with Crippen molar-refractivity contribution in [3.8, 4) is 5.75 Å². The van der Waals surface area contributed by atoms with E-state index in [0.29, 0.717) is 11.1 Å². The second kappa shape index (κ2) is 6.07. The SMILES string of the molecule is BN1CCC(CCc2noc3c(CO)c(O)ccc23)CC1. The smallest absolute Gasteiger partial charge is 0.185 e. The van der Waals surface area contributed by atoms with E-state index in [1.54, 1.807) is 6.07 Å². The van der Waals surface area contributed by atoms with Crippen molar-refractivity contribution < 1.29 is 14.7 Å². The first kappa shape index (κ1) is 14.4. The molecule has 0 unspecified atom stereocenters. The van der Waals surface area contributed by atoms with Gasteiger partial charge in [0.2, 0.25) is 0 Å². The second-order valence-electron chi connectivity index (χ2n) is 6.01. The molecule has 0 radical (unpaired) electrons. The molecule has 1 aliphatic rings. The Kier molecular flexibility index (Phi) is 4.17. The Morgan fingerprint density at radius 1 is 1.33 bits per heavy atom. The van der Waals surface area contributed by atoms with Gasteiger partial charge in [0, 0.05) is 5.39 Å². The van der Waals surface area contributed by atoms with Crippen LogP contribution < -0.4 is 0 Å². The Bertz CT molecular complexity index is 621. The molecule has 0 saturated carbocycles. The van der Waals surface area contributed by atoms with Crippen LogP contribution in [0.4, 0.5) is 0 Å². The molecule has 3 rings (SSSR count). The van der Waals surface area contributed by atoms with Crippen LogP contribution in [-0.4, -0.2) is 41.3 Å². The average molecular weight is 288 g/mol. The van der Waals surface area contributed by atoms with Crippen molar-refractivity contribution in [2.24, 2.45) is 5.92 Å². The number of aromatic nitrogens is 1. The van der Waals surface area contributed by atoms with Crippen molar-refractivity contribution in [2.45, 2.75) is 32.3 Å². The van der Waals surface area contributed by atoms with Gasteiger partial charge in [-0.3, -0.25) is 0 Å². The topological polar surface area (TPSA) is 69.7 Å². The van der Waals surface area contributed by atoms with Crippen LogP contribution in [0, 0.1) is 5.92 Å². The van der Waals surface area contributed by atoms with E-state index in [2.05, 4.69) is 17.9 Å². The Labute approximate surface area is 125 Å². The fourth-order valence-electron chi connectivity index (χ4n) is 3.12. The predicted octanol–water partition coefficient (Wildman–Crippen LogP) is 1.22. The van der Waals surface area contributed by atoms with E-state index >= 15 is 0 Å². The molecule has 0 amide bonds. The number of piperidine rings is 1. The Balaban J connectivity index is 1.73. The summed E-state index contributed by atoms with van der Waals surface area (Å²) in [5, 5.41) is 24.1. The molecule has 0 aliphatic carbocycles. The molecule has 0 bridgehead atoms. The van der Waals surface area contributed by atoms with Crippen LogP contribution in [0.15, 0.2) is 16.7 Å². The van der Waals surface area contributed by atoms with Gasteiger partial charge in [-0.1, -0.05) is 5.16 Å². The molecule has 1 aromatic heterocycles. The van der Waals surface area contributed by atoms with Gasteiger partial charge < -0.3 is 19.5 Å². The molecule has 0 spiro atoms. The quantitative estimate of drug-likeness (QED) is 0.828. The van der Waals surface area contributed by atoms with Gasteiger partial charge in [-0.05, 0) is 56.8 Å². The van der Waals surface area contributed by atoms with Gasteiger partial charge in [0.1, 0.15) is 5.75 Å². The molecule has 2 aromatic rings. The van der Waals surface area contributed by atoms with Crippen LogP contribution in [0.1, 0.15) is 30.5 Å². The normalized spacial score (nSPS) is 17.6. The van der Waals surface area contributed by atoms with Gasteiger partial charge in [-0.25, -0.2) is 0 Å². The number of benzene rings is 1. The minimum absolute atomic E-state index is 0.0583. The number of aliphatic hydroxyl groups is 1. The van der Waals surface area contributed by atoms with E-state index in [4.69, 9.17) is 4.52 Å². The highest BCUT2D eigenvalue weighted by Crippen LogP contribution is 2.30. The monoisotopic (exact) mass is 288 g/mol. The van der Waals surface area contributed by atoms with E-state index < -0.39 is 0 Å². The first-order chi connectivity index (χ1) is 10.2. The number of aromatic hydroxyl groups is 1. The Morgan fingerprint density at radius 3 is 2.81 bits per heavy atom. The number of phenols is 1. The summed E-state index contributed by atoms with van der Waals surface area (Å²) in [6.07, 6.45) is 4.49. The summed E-state index contributed by atoms with van der Waals surface area (Å²) >= 11 is 0. The number of rotatable bonds is 4. The van der Waals surface area contributed by atoms with Gasteiger partial charge in [0.05, 0.1) is 17.9 Å². The molecule has 112 valence electrons. The van der Waals surface area contributed by atoms with Crippen LogP contribution >= 0.6 is 0 Å². The summed E-state index contributed by atoms with van der Waals surface area (Å²) in [4.78, 5) is 2.37. The number of nitrogens with zero attached hydrogens (tertiary/aromatic N) is 2. The van der Waals surface area contributed by atoms with Crippen molar-refractivity contribution >= 4 is 19.0 Å². The summed E-state index contributed by atoms with van der Waals surface area (Å²) < 4.78 is 5.33. The zero-order valence-electron chi connectivity index (χ0n) is 12.4. The van der Waals surface area contributed by atoms with Crippen molar-refractivity contribution in [3.63, 3.8) is 0 Å². The van der Waals surface area contributed by atoms with E-state index in [9.17, 15) is 10.2 Å². The molecule has 1 saturated heterocycles. The molecule has 2 N–H and O–H groups in total. The molecule has 1 aromatic carbocycles. The average Bonchev–Trinajstić information content (AvgIpc) is 2.90. The Morgan fingerprint density at radius 2 is 2.10 bits per heavy atom. The number of aliphatic hydroxyl groups excluding tert-OH is 1. The van der Waals surface area contributed by atoms with E-state index in [-0.39, 0.29) is 12.4 Å². The fourth-order valence-corrected chi connectivity index (χ4v) is 3.12. The summed E-state index contributed by atoms with van der Waals surface area (Å²) in [6, 6.07) is 3.43. The maximum absolute atomic E-state index is 9.72.